The number of nitrogens with one attached hydrogen (secondary N) is 1. The lowest BCUT2D eigenvalue weighted by Gasteiger charge is -2.12. The molecule has 0 saturated carbocycles. The van der Waals surface area contributed by atoms with Gasteiger partial charge >= 0.3 is 0 Å². The topological polar surface area (TPSA) is 99.8 Å². The Bertz CT molecular complexity index is 869. The smallest absolute Gasteiger partial charge is 0.251 e. The molecule has 7 nitrogen and oxygen atoms in total. The predicted molar refractivity (Wildman–Crippen MR) is 97.4 cm³/mol. The van der Waals surface area contributed by atoms with E-state index in [0.717, 1.165) is 15.6 Å². The van der Waals surface area contributed by atoms with Crippen molar-refractivity contribution in [2.45, 2.75) is 31.3 Å². The van der Waals surface area contributed by atoms with Crippen LogP contribution < -0.4 is 5.32 Å². The summed E-state index contributed by atoms with van der Waals surface area (Å²) < 4.78 is 30.5. The summed E-state index contributed by atoms with van der Waals surface area (Å²) in [6, 6.07) is 7.51. The zero-order valence-corrected chi connectivity index (χ0v) is 16.1. The van der Waals surface area contributed by atoms with Gasteiger partial charge in [0.25, 0.3) is 5.91 Å². The van der Waals surface area contributed by atoms with E-state index >= 15 is 0 Å². The molecule has 1 heterocycles. The van der Waals surface area contributed by atoms with Crippen LogP contribution in [0.1, 0.15) is 40.0 Å². The standard InChI is InChI=1S/C18H24N2O5S/c1-12-11-16(13(2)25-12)17(21)9-10-19-18(22)14-5-7-15(8-6-14)26(23,24)20(3)4/h5-8,11,17,21H,9-10H2,1-4H3,(H,19,22). The van der Waals surface area contributed by atoms with Crippen molar-refractivity contribution in [1.29, 1.82) is 0 Å². The second-order valence-corrected chi connectivity index (χ2v) is 8.39. The lowest BCUT2D eigenvalue weighted by Crippen LogP contribution is -2.26. The van der Waals surface area contributed by atoms with E-state index in [4.69, 9.17) is 4.42 Å². The SMILES string of the molecule is Cc1cc(C(O)CCNC(=O)c2ccc(S(=O)(=O)N(C)C)cc2)c(C)o1. The minimum atomic E-state index is -3.52. The van der Waals surface area contributed by atoms with Gasteiger partial charge < -0.3 is 14.8 Å². The first kappa shape index (κ1) is 20.2. The van der Waals surface area contributed by atoms with Crippen molar-refractivity contribution in [2.75, 3.05) is 20.6 Å². The van der Waals surface area contributed by atoms with Crippen molar-refractivity contribution in [2.24, 2.45) is 0 Å². The molecule has 0 aliphatic carbocycles. The van der Waals surface area contributed by atoms with E-state index in [-0.39, 0.29) is 17.3 Å². The third kappa shape index (κ3) is 4.51. The third-order valence-electron chi connectivity index (χ3n) is 4.04. The molecule has 1 atom stereocenters. The molecule has 0 spiro atoms. The normalized spacial score (nSPS) is 13.0. The van der Waals surface area contributed by atoms with Crippen molar-refractivity contribution in [3.63, 3.8) is 0 Å². The third-order valence-corrected chi connectivity index (χ3v) is 5.87. The van der Waals surface area contributed by atoms with Crippen molar-refractivity contribution >= 4 is 15.9 Å². The van der Waals surface area contributed by atoms with Crippen LogP contribution in [0.25, 0.3) is 0 Å². The molecule has 0 fully saturated rings. The number of carbonyl (C=O) groups excluding carboxylic acids is 1. The van der Waals surface area contributed by atoms with Crippen LogP contribution in [0.2, 0.25) is 0 Å². The van der Waals surface area contributed by atoms with E-state index in [1.54, 1.807) is 13.0 Å². The van der Waals surface area contributed by atoms with Crippen LogP contribution in [0.15, 0.2) is 39.6 Å². The van der Waals surface area contributed by atoms with Gasteiger partial charge in [0.1, 0.15) is 11.5 Å². The molecular weight excluding hydrogens is 356 g/mol. The molecule has 0 aliphatic rings. The molecule has 142 valence electrons. The summed E-state index contributed by atoms with van der Waals surface area (Å²) in [5.41, 5.74) is 1.07. The van der Waals surface area contributed by atoms with Gasteiger partial charge in [-0.1, -0.05) is 0 Å². The fourth-order valence-electron chi connectivity index (χ4n) is 2.55. The highest BCUT2D eigenvalue weighted by Crippen LogP contribution is 2.23. The maximum Gasteiger partial charge on any atom is 0.251 e. The van der Waals surface area contributed by atoms with Crippen molar-refractivity contribution < 1.29 is 22.7 Å². The van der Waals surface area contributed by atoms with Gasteiger partial charge in [-0.05, 0) is 50.6 Å². The Balaban J connectivity index is 1.93. The zero-order valence-electron chi connectivity index (χ0n) is 15.3. The molecule has 26 heavy (non-hydrogen) atoms. The number of furan rings is 1. The van der Waals surface area contributed by atoms with E-state index < -0.39 is 16.1 Å². The first-order valence-electron chi connectivity index (χ1n) is 8.18. The summed E-state index contributed by atoms with van der Waals surface area (Å²) in [7, 11) is -0.623. The van der Waals surface area contributed by atoms with E-state index in [0.29, 0.717) is 17.7 Å². The molecule has 1 aromatic carbocycles. The number of nitrogens with zero attached hydrogens (tertiary/aromatic N) is 1. The number of aliphatic hydroxyl groups is 1. The summed E-state index contributed by atoms with van der Waals surface area (Å²) in [6.45, 7) is 3.88. The van der Waals surface area contributed by atoms with Crippen LogP contribution in [0.4, 0.5) is 0 Å². The van der Waals surface area contributed by atoms with Crippen molar-refractivity contribution in [1.82, 2.24) is 9.62 Å². The molecule has 0 saturated heterocycles. The van der Waals surface area contributed by atoms with Crippen LogP contribution in [-0.2, 0) is 10.0 Å². The number of carbonyl (C=O) groups is 1. The Morgan fingerprint density at radius 3 is 2.35 bits per heavy atom. The van der Waals surface area contributed by atoms with E-state index in [2.05, 4.69) is 5.32 Å². The lowest BCUT2D eigenvalue weighted by atomic mass is 10.1. The Morgan fingerprint density at radius 1 is 1.23 bits per heavy atom. The second kappa shape index (κ2) is 8.03. The Labute approximate surface area is 153 Å². The number of amides is 1. The highest BCUT2D eigenvalue weighted by atomic mass is 32.2. The van der Waals surface area contributed by atoms with E-state index in [1.165, 1.54) is 38.4 Å². The Hall–Kier alpha value is -2.16. The van der Waals surface area contributed by atoms with Gasteiger partial charge in [-0.3, -0.25) is 4.79 Å². The molecule has 2 aromatic rings. The first-order chi connectivity index (χ1) is 12.1. The molecule has 2 N–H and O–H groups in total. The molecule has 1 unspecified atom stereocenters. The number of aryl methyl sites for hydroxylation is 2. The fourth-order valence-corrected chi connectivity index (χ4v) is 3.45. The Kier molecular flexibility index (Phi) is 6.22. The lowest BCUT2D eigenvalue weighted by molar-refractivity contribution is 0.0942. The molecule has 1 amide bonds. The fraction of sp³-hybridized carbons (Fsp3) is 0.389. The van der Waals surface area contributed by atoms with Crippen LogP contribution in [0.3, 0.4) is 0 Å². The number of aliphatic hydroxyl groups excluding tert-OH is 1. The van der Waals surface area contributed by atoms with E-state index in [9.17, 15) is 18.3 Å². The molecular formula is C18H24N2O5S. The molecule has 0 radical (unpaired) electrons. The summed E-state index contributed by atoms with van der Waals surface area (Å²) >= 11 is 0. The molecule has 1 aromatic heterocycles. The number of hydrogen-bond acceptors (Lipinski definition) is 5. The first-order valence-corrected chi connectivity index (χ1v) is 9.62. The van der Waals surface area contributed by atoms with Crippen molar-refractivity contribution in [3.8, 4) is 0 Å². The number of hydrogen-bond donors (Lipinski definition) is 2. The minimum absolute atomic E-state index is 0.125. The predicted octanol–water partition coefficient (Wildman–Crippen LogP) is 2.00. The minimum Gasteiger partial charge on any atom is -0.466 e. The van der Waals surface area contributed by atoms with Gasteiger partial charge in [0.15, 0.2) is 0 Å². The molecule has 0 aliphatic heterocycles. The summed E-state index contributed by atoms with van der Waals surface area (Å²) in [4.78, 5) is 12.3. The van der Waals surface area contributed by atoms with Crippen LogP contribution in [0.5, 0.6) is 0 Å². The average molecular weight is 380 g/mol. The molecule has 8 heteroatoms. The summed E-state index contributed by atoms with van der Waals surface area (Å²) in [5.74, 6) is 1.07. The largest absolute Gasteiger partial charge is 0.466 e. The second-order valence-electron chi connectivity index (χ2n) is 6.24. The maximum atomic E-state index is 12.2. The van der Waals surface area contributed by atoms with Gasteiger partial charge in [-0.15, -0.1) is 0 Å². The maximum absolute atomic E-state index is 12.2. The van der Waals surface area contributed by atoms with Crippen LogP contribution >= 0.6 is 0 Å². The van der Waals surface area contributed by atoms with Gasteiger partial charge in [-0.25, -0.2) is 12.7 Å². The van der Waals surface area contributed by atoms with Gasteiger partial charge in [0.2, 0.25) is 10.0 Å². The monoisotopic (exact) mass is 380 g/mol. The average Bonchev–Trinajstić information content (AvgIpc) is 2.93. The van der Waals surface area contributed by atoms with Gasteiger partial charge in [0, 0.05) is 31.8 Å². The number of rotatable bonds is 7. The van der Waals surface area contributed by atoms with Crippen LogP contribution in [-0.4, -0.2) is 44.4 Å². The quantitative estimate of drug-likeness (QED) is 0.765. The van der Waals surface area contributed by atoms with Gasteiger partial charge in [-0.2, -0.15) is 0 Å². The molecule has 0 bridgehead atoms. The summed E-state index contributed by atoms with van der Waals surface area (Å²) in [5, 5.41) is 12.9. The van der Waals surface area contributed by atoms with Crippen LogP contribution in [0, 0.1) is 13.8 Å². The van der Waals surface area contributed by atoms with Gasteiger partial charge in [0.05, 0.1) is 11.0 Å². The highest BCUT2D eigenvalue weighted by molar-refractivity contribution is 7.89. The van der Waals surface area contributed by atoms with Crippen molar-refractivity contribution in [3.05, 3.63) is 53.0 Å². The summed E-state index contributed by atoms with van der Waals surface area (Å²) in [6.07, 6.45) is -0.376. The molecule has 2 rings (SSSR count). The zero-order chi connectivity index (χ0) is 19.5. The highest BCUT2D eigenvalue weighted by Gasteiger charge is 2.18. The Morgan fingerprint density at radius 2 is 1.85 bits per heavy atom. The van der Waals surface area contributed by atoms with E-state index in [1.807, 2.05) is 6.92 Å². The number of sulfonamides is 1. The number of benzene rings is 1.